The first-order valence-electron chi connectivity index (χ1n) is 5.30. The van der Waals surface area contributed by atoms with E-state index in [1.807, 2.05) is 11.8 Å². The zero-order valence-electron chi connectivity index (χ0n) is 9.89. The van der Waals surface area contributed by atoms with Gasteiger partial charge in [0.15, 0.2) is 0 Å². The molecule has 0 aliphatic rings. The predicted octanol–water partition coefficient (Wildman–Crippen LogP) is 2.91. The molecule has 14 heavy (non-hydrogen) atoms. The molecule has 1 unspecified atom stereocenters. The first kappa shape index (κ1) is 13.9. The van der Waals surface area contributed by atoms with Crippen molar-refractivity contribution in [2.45, 2.75) is 51.3 Å². The summed E-state index contributed by atoms with van der Waals surface area (Å²) in [6.45, 7) is 9.93. The second-order valence-corrected chi connectivity index (χ2v) is 6.27. The molecule has 0 spiro atoms. The molecule has 0 aromatic heterocycles. The van der Waals surface area contributed by atoms with Crippen molar-refractivity contribution in [3.8, 4) is 12.3 Å². The summed E-state index contributed by atoms with van der Waals surface area (Å²) in [5.74, 6) is 3.86. The van der Waals surface area contributed by atoms with Crippen molar-refractivity contribution < 1.29 is 0 Å². The lowest BCUT2D eigenvalue weighted by Crippen LogP contribution is -2.32. The van der Waals surface area contributed by atoms with Crippen LogP contribution in [0.4, 0.5) is 0 Å². The largest absolute Gasteiger partial charge is 0.313 e. The highest BCUT2D eigenvalue weighted by molar-refractivity contribution is 8.00. The van der Waals surface area contributed by atoms with E-state index in [4.69, 9.17) is 6.42 Å². The molecule has 0 saturated heterocycles. The van der Waals surface area contributed by atoms with Crippen LogP contribution in [-0.2, 0) is 0 Å². The highest BCUT2D eigenvalue weighted by Crippen LogP contribution is 2.24. The van der Waals surface area contributed by atoms with E-state index in [0.717, 1.165) is 25.1 Å². The van der Waals surface area contributed by atoms with Gasteiger partial charge in [0.05, 0.1) is 0 Å². The molecule has 1 nitrogen and oxygen atoms in total. The molecule has 0 heterocycles. The first-order chi connectivity index (χ1) is 6.49. The Morgan fingerprint density at radius 1 is 1.43 bits per heavy atom. The van der Waals surface area contributed by atoms with Gasteiger partial charge in [-0.15, -0.1) is 12.3 Å². The van der Waals surface area contributed by atoms with E-state index < -0.39 is 0 Å². The Morgan fingerprint density at radius 2 is 2.07 bits per heavy atom. The van der Waals surface area contributed by atoms with E-state index in [2.05, 4.69) is 38.9 Å². The van der Waals surface area contributed by atoms with Crippen LogP contribution in [0.3, 0.4) is 0 Å². The lowest BCUT2D eigenvalue weighted by Gasteiger charge is -2.23. The van der Waals surface area contributed by atoms with Crippen molar-refractivity contribution in [1.82, 2.24) is 5.32 Å². The van der Waals surface area contributed by atoms with Crippen molar-refractivity contribution in [1.29, 1.82) is 0 Å². The average molecular weight is 213 g/mol. The minimum absolute atomic E-state index is 0.351. The van der Waals surface area contributed by atoms with Crippen LogP contribution in [0.25, 0.3) is 0 Å². The molecule has 0 aromatic rings. The molecule has 0 aromatic carbocycles. The first-order valence-corrected chi connectivity index (χ1v) is 6.29. The van der Waals surface area contributed by atoms with Crippen LogP contribution < -0.4 is 5.32 Å². The molecule has 0 bridgehead atoms. The summed E-state index contributed by atoms with van der Waals surface area (Å²) in [7, 11) is 0. The minimum atomic E-state index is 0.351. The molecule has 0 fully saturated rings. The number of hydrogen-bond donors (Lipinski definition) is 1. The van der Waals surface area contributed by atoms with Gasteiger partial charge >= 0.3 is 0 Å². The number of nitrogens with one attached hydrogen (secondary N) is 1. The fraction of sp³-hybridized carbons (Fsp3) is 0.833. The van der Waals surface area contributed by atoms with E-state index in [1.54, 1.807) is 0 Å². The van der Waals surface area contributed by atoms with Crippen molar-refractivity contribution >= 4 is 11.8 Å². The fourth-order valence-electron chi connectivity index (χ4n) is 1.14. The molecule has 0 radical (unpaired) electrons. The number of thioether (sulfide) groups is 1. The Balaban J connectivity index is 3.79. The van der Waals surface area contributed by atoms with Gasteiger partial charge in [-0.3, -0.25) is 0 Å². The van der Waals surface area contributed by atoms with E-state index in [9.17, 15) is 0 Å². The van der Waals surface area contributed by atoms with E-state index in [1.165, 1.54) is 0 Å². The number of rotatable bonds is 6. The Labute approximate surface area is 93.4 Å². The highest BCUT2D eigenvalue weighted by atomic mass is 32.2. The van der Waals surface area contributed by atoms with Gasteiger partial charge in [-0.2, -0.15) is 11.8 Å². The normalized spacial score (nSPS) is 13.6. The summed E-state index contributed by atoms with van der Waals surface area (Å²) < 4.78 is 0.351. The molecule has 1 N–H and O–H groups in total. The lowest BCUT2D eigenvalue weighted by atomic mass is 10.2. The molecule has 0 aliphatic heterocycles. The summed E-state index contributed by atoms with van der Waals surface area (Å²) in [5, 5.41) is 3.47. The molecule has 1 atom stereocenters. The third kappa shape index (κ3) is 8.47. The molecule has 82 valence electrons. The number of hydrogen-bond acceptors (Lipinski definition) is 2. The van der Waals surface area contributed by atoms with Crippen LogP contribution in [0.5, 0.6) is 0 Å². The van der Waals surface area contributed by atoms with Gasteiger partial charge in [0.25, 0.3) is 0 Å². The third-order valence-electron chi connectivity index (χ3n) is 1.85. The standard InChI is InChI=1S/C12H23NS/c1-6-8-9-11(13-7-2)10-14-12(3,4)5/h1,11,13H,7-10H2,2-5H3. The van der Waals surface area contributed by atoms with Gasteiger partial charge in [-0.05, 0) is 13.0 Å². The molecule has 0 amide bonds. The molecule has 0 saturated carbocycles. The summed E-state index contributed by atoms with van der Waals surface area (Å²) in [4.78, 5) is 0. The maximum absolute atomic E-state index is 5.27. The van der Waals surface area contributed by atoms with Crippen LogP contribution in [-0.4, -0.2) is 23.1 Å². The lowest BCUT2D eigenvalue weighted by molar-refractivity contribution is 0.543. The summed E-state index contributed by atoms with van der Waals surface area (Å²) in [6, 6.07) is 0.570. The highest BCUT2D eigenvalue weighted by Gasteiger charge is 2.14. The smallest absolute Gasteiger partial charge is 0.0167 e. The van der Waals surface area contributed by atoms with Crippen LogP contribution in [0.1, 0.15) is 40.5 Å². The van der Waals surface area contributed by atoms with Gasteiger partial charge in [0, 0.05) is 23.0 Å². The monoisotopic (exact) mass is 213 g/mol. The zero-order valence-corrected chi connectivity index (χ0v) is 10.7. The van der Waals surface area contributed by atoms with E-state index in [0.29, 0.717) is 10.8 Å². The van der Waals surface area contributed by atoms with Crippen molar-refractivity contribution in [3.05, 3.63) is 0 Å². The Morgan fingerprint density at radius 3 is 2.50 bits per heavy atom. The quantitative estimate of drug-likeness (QED) is 0.681. The Kier molecular flexibility index (Phi) is 7.13. The molecule has 0 rings (SSSR count). The van der Waals surface area contributed by atoms with Gasteiger partial charge in [0.2, 0.25) is 0 Å². The average Bonchev–Trinajstić information content (AvgIpc) is 2.08. The van der Waals surface area contributed by atoms with Gasteiger partial charge < -0.3 is 5.32 Å². The third-order valence-corrected chi connectivity index (χ3v) is 3.28. The topological polar surface area (TPSA) is 12.0 Å². The van der Waals surface area contributed by atoms with Gasteiger partial charge in [0.1, 0.15) is 0 Å². The van der Waals surface area contributed by atoms with Crippen LogP contribution in [0.15, 0.2) is 0 Å². The molecule has 2 heteroatoms. The molecular weight excluding hydrogens is 190 g/mol. The van der Waals surface area contributed by atoms with E-state index in [-0.39, 0.29) is 0 Å². The van der Waals surface area contributed by atoms with Crippen molar-refractivity contribution in [2.75, 3.05) is 12.3 Å². The van der Waals surface area contributed by atoms with Crippen LogP contribution in [0, 0.1) is 12.3 Å². The number of terminal acetylenes is 1. The predicted molar refractivity (Wildman–Crippen MR) is 67.7 cm³/mol. The Bertz CT molecular complexity index is 176. The SMILES string of the molecule is C#CCCC(CSC(C)(C)C)NCC. The molecular formula is C12H23NS. The van der Waals surface area contributed by atoms with Crippen molar-refractivity contribution in [2.24, 2.45) is 0 Å². The summed E-state index contributed by atoms with van der Waals surface area (Å²) >= 11 is 2.00. The van der Waals surface area contributed by atoms with E-state index >= 15 is 0 Å². The van der Waals surface area contributed by atoms with Gasteiger partial charge in [-0.1, -0.05) is 27.7 Å². The minimum Gasteiger partial charge on any atom is -0.313 e. The van der Waals surface area contributed by atoms with Crippen LogP contribution in [0.2, 0.25) is 0 Å². The maximum Gasteiger partial charge on any atom is 0.0167 e. The summed E-state index contributed by atoms with van der Waals surface area (Å²) in [5.41, 5.74) is 0. The van der Waals surface area contributed by atoms with Crippen molar-refractivity contribution in [3.63, 3.8) is 0 Å². The molecule has 0 aliphatic carbocycles. The Hall–Kier alpha value is -0.130. The second kappa shape index (κ2) is 7.20. The maximum atomic E-state index is 5.27. The van der Waals surface area contributed by atoms with Crippen LogP contribution >= 0.6 is 11.8 Å². The fourth-order valence-corrected chi connectivity index (χ4v) is 2.13. The summed E-state index contributed by atoms with van der Waals surface area (Å²) in [6.07, 6.45) is 7.24. The zero-order chi connectivity index (χ0) is 11.0. The van der Waals surface area contributed by atoms with Gasteiger partial charge in [-0.25, -0.2) is 0 Å². The second-order valence-electron chi connectivity index (χ2n) is 4.42.